The van der Waals surface area contributed by atoms with Gasteiger partial charge in [0, 0.05) is 24.7 Å². The predicted octanol–water partition coefficient (Wildman–Crippen LogP) is 1.78. The number of benzene rings is 1. The molecule has 0 unspecified atom stereocenters. The lowest BCUT2D eigenvalue weighted by Crippen LogP contribution is -2.48. The van der Waals surface area contributed by atoms with Crippen LogP contribution in [0.1, 0.15) is 31.4 Å². The van der Waals surface area contributed by atoms with Crippen LogP contribution in [0.25, 0.3) is 0 Å². The highest BCUT2D eigenvalue weighted by atomic mass is 16.5. The van der Waals surface area contributed by atoms with Crippen LogP contribution < -0.4 is 14.8 Å². The third-order valence-electron chi connectivity index (χ3n) is 5.07. The summed E-state index contributed by atoms with van der Waals surface area (Å²) in [4.78, 5) is 28.0. The first-order valence-corrected chi connectivity index (χ1v) is 8.63. The van der Waals surface area contributed by atoms with Gasteiger partial charge in [0.25, 0.3) is 0 Å². The van der Waals surface area contributed by atoms with Crippen molar-refractivity contribution < 1.29 is 19.1 Å². The monoisotopic (exact) mass is 347 g/mol. The maximum Gasteiger partial charge on any atom is 0.324 e. The highest BCUT2D eigenvalue weighted by Gasteiger charge is 2.38. The Balaban J connectivity index is 1.85. The van der Waals surface area contributed by atoms with E-state index in [2.05, 4.69) is 10.2 Å². The van der Waals surface area contributed by atoms with E-state index in [1.54, 1.807) is 14.2 Å². The minimum absolute atomic E-state index is 0.0645. The van der Waals surface area contributed by atoms with Crippen LogP contribution in [0.2, 0.25) is 0 Å². The summed E-state index contributed by atoms with van der Waals surface area (Å²) in [7, 11) is 3.28. The summed E-state index contributed by atoms with van der Waals surface area (Å²) in [6.07, 6.45) is 1.93. The Bertz CT molecular complexity index is 664. The second-order valence-electron chi connectivity index (χ2n) is 6.40. The van der Waals surface area contributed by atoms with Crippen molar-refractivity contribution in [2.75, 3.05) is 33.9 Å². The van der Waals surface area contributed by atoms with Gasteiger partial charge in [-0.05, 0) is 44.5 Å². The van der Waals surface area contributed by atoms with E-state index in [1.165, 1.54) is 4.90 Å². The van der Waals surface area contributed by atoms with Gasteiger partial charge in [-0.1, -0.05) is 0 Å². The number of ether oxygens (including phenoxy) is 2. The second-order valence-corrected chi connectivity index (χ2v) is 6.40. The van der Waals surface area contributed by atoms with E-state index >= 15 is 0 Å². The van der Waals surface area contributed by atoms with Gasteiger partial charge in [-0.25, -0.2) is 4.79 Å². The molecule has 7 heteroatoms. The van der Waals surface area contributed by atoms with Crippen LogP contribution in [-0.2, 0) is 4.79 Å². The van der Waals surface area contributed by atoms with Crippen molar-refractivity contribution in [2.45, 2.75) is 31.8 Å². The number of nitrogens with one attached hydrogen (secondary N) is 1. The quantitative estimate of drug-likeness (QED) is 0.879. The molecule has 0 spiro atoms. The lowest BCUT2D eigenvalue weighted by Gasteiger charge is -2.32. The topological polar surface area (TPSA) is 71.1 Å². The summed E-state index contributed by atoms with van der Waals surface area (Å²) in [5.74, 6) is 1.40. The van der Waals surface area contributed by atoms with Crippen molar-refractivity contribution >= 4 is 11.9 Å². The summed E-state index contributed by atoms with van der Waals surface area (Å²) in [6.45, 7) is 3.64. The van der Waals surface area contributed by atoms with Gasteiger partial charge >= 0.3 is 6.03 Å². The smallest absolute Gasteiger partial charge is 0.324 e. The van der Waals surface area contributed by atoms with Crippen molar-refractivity contribution in [3.63, 3.8) is 0 Å². The van der Waals surface area contributed by atoms with E-state index in [4.69, 9.17) is 9.47 Å². The highest BCUT2D eigenvalue weighted by molar-refractivity contribution is 5.98. The molecule has 2 heterocycles. The number of urea groups is 1. The van der Waals surface area contributed by atoms with Crippen molar-refractivity contribution in [1.82, 2.24) is 15.1 Å². The zero-order valence-corrected chi connectivity index (χ0v) is 14.9. The Kier molecular flexibility index (Phi) is 5.13. The summed E-state index contributed by atoms with van der Waals surface area (Å²) < 4.78 is 10.9. The van der Waals surface area contributed by atoms with E-state index in [0.29, 0.717) is 13.1 Å². The normalized spacial score (nSPS) is 22.0. The zero-order chi connectivity index (χ0) is 18.0. The molecule has 1 aromatic rings. The van der Waals surface area contributed by atoms with E-state index in [0.717, 1.165) is 36.4 Å². The highest BCUT2D eigenvalue weighted by Crippen LogP contribution is 2.40. The molecule has 25 heavy (non-hydrogen) atoms. The van der Waals surface area contributed by atoms with Crippen molar-refractivity contribution in [2.24, 2.45) is 0 Å². The van der Waals surface area contributed by atoms with Gasteiger partial charge in [0.1, 0.15) is 11.5 Å². The molecular formula is C18H25N3O4. The first-order valence-electron chi connectivity index (χ1n) is 8.63. The molecule has 7 nitrogen and oxygen atoms in total. The number of methoxy groups -OCH3 is 2. The molecule has 0 bridgehead atoms. The number of hydrogen-bond acceptors (Lipinski definition) is 5. The van der Waals surface area contributed by atoms with Gasteiger partial charge in [0.05, 0.1) is 20.3 Å². The molecule has 0 saturated carbocycles. The van der Waals surface area contributed by atoms with Crippen LogP contribution in [0.5, 0.6) is 11.5 Å². The average molecular weight is 347 g/mol. The van der Waals surface area contributed by atoms with Gasteiger partial charge in [0.2, 0.25) is 5.91 Å². The molecule has 0 aromatic heterocycles. The predicted molar refractivity (Wildman–Crippen MR) is 92.8 cm³/mol. The molecular weight excluding hydrogens is 322 g/mol. The van der Waals surface area contributed by atoms with Gasteiger partial charge in [-0.2, -0.15) is 0 Å². The van der Waals surface area contributed by atoms with Crippen molar-refractivity contribution in [3.05, 3.63) is 23.8 Å². The maximum atomic E-state index is 12.8. The largest absolute Gasteiger partial charge is 0.497 e. The van der Waals surface area contributed by atoms with Crippen LogP contribution in [0.4, 0.5) is 4.79 Å². The number of carbonyl (C=O) groups excluding carboxylic acids is 2. The van der Waals surface area contributed by atoms with Crippen molar-refractivity contribution in [3.8, 4) is 11.5 Å². The molecule has 3 amide bonds. The molecule has 1 N–H and O–H groups in total. The Hall–Kier alpha value is -2.28. The number of amides is 3. The molecule has 0 radical (unpaired) electrons. The fourth-order valence-corrected chi connectivity index (χ4v) is 3.74. The van der Waals surface area contributed by atoms with Gasteiger partial charge in [-0.3, -0.25) is 14.6 Å². The Labute approximate surface area is 147 Å². The number of imide groups is 1. The van der Waals surface area contributed by atoms with E-state index in [1.807, 2.05) is 25.1 Å². The number of rotatable bonds is 5. The van der Waals surface area contributed by atoms with Crippen molar-refractivity contribution in [1.29, 1.82) is 0 Å². The maximum absolute atomic E-state index is 12.8. The fourth-order valence-electron chi connectivity index (χ4n) is 3.74. The lowest BCUT2D eigenvalue weighted by molar-refractivity contribution is -0.133. The molecule has 3 rings (SSSR count). The number of carbonyl (C=O) groups is 2. The van der Waals surface area contributed by atoms with E-state index in [9.17, 15) is 9.59 Å². The van der Waals surface area contributed by atoms with Crippen LogP contribution in [0, 0.1) is 0 Å². The standard InChI is InChI=1S/C18H25N3O4/c1-12(17(22)21-10-8-19-18(21)23)20-9-4-5-15(20)14-11-13(24-2)6-7-16(14)25-3/h6-7,11-12,15H,4-5,8-10H2,1-3H3,(H,19,23)/t12-,15-/m1/s1. The van der Waals surface area contributed by atoms with E-state index < -0.39 is 0 Å². The Morgan fingerprint density at radius 1 is 1.28 bits per heavy atom. The number of likely N-dealkylation sites (tertiary alicyclic amines) is 1. The lowest BCUT2D eigenvalue weighted by atomic mass is 10.0. The van der Waals surface area contributed by atoms with Crippen LogP contribution >= 0.6 is 0 Å². The summed E-state index contributed by atoms with van der Waals surface area (Å²) in [5.41, 5.74) is 1.02. The fraction of sp³-hybridized carbons (Fsp3) is 0.556. The first-order chi connectivity index (χ1) is 12.1. The third kappa shape index (κ3) is 3.28. The van der Waals surface area contributed by atoms with Gasteiger partial charge in [-0.15, -0.1) is 0 Å². The first kappa shape index (κ1) is 17.5. The minimum atomic E-state index is -0.368. The third-order valence-corrected chi connectivity index (χ3v) is 5.07. The summed E-state index contributed by atoms with van der Waals surface area (Å²) in [6, 6.07) is 5.13. The van der Waals surface area contributed by atoms with Crippen LogP contribution in [0.15, 0.2) is 18.2 Å². The van der Waals surface area contributed by atoms with Gasteiger partial charge in [0.15, 0.2) is 0 Å². The van der Waals surface area contributed by atoms with E-state index in [-0.39, 0.29) is 24.0 Å². The second kappa shape index (κ2) is 7.31. The number of hydrogen-bond donors (Lipinski definition) is 1. The molecule has 2 saturated heterocycles. The minimum Gasteiger partial charge on any atom is -0.497 e. The van der Waals surface area contributed by atoms with Crippen LogP contribution in [0.3, 0.4) is 0 Å². The molecule has 1 aromatic carbocycles. The molecule has 2 fully saturated rings. The number of nitrogens with zero attached hydrogens (tertiary/aromatic N) is 2. The summed E-state index contributed by atoms with van der Waals surface area (Å²) in [5, 5.41) is 2.68. The average Bonchev–Trinajstić information content (AvgIpc) is 3.28. The van der Waals surface area contributed by atoms with Crippen LogP contribution in [-0.4, -0.2) is 61.6 Å². The molecule has 0 aliphatic carbocycles. The molecule has 2 atom stereocenters. The SMILES string of the molecule is COc1ccc(OC)c([C@H]2CCCN2[C@H](C)C(=O)N2CCNC2=O)c1. The Morgan fingerprint density at radius 3 is 2.72 bits per heavy atom. The van der Waals surface area contributed by atoms with Gasteiger partial charge < -0.3 is 14.8 Å². The zero-order valence-electron chi connectivity index (χ0n) is 14.9. The molecule has 136 valence electrons. The summed E-state index contributed by atoms with van der Waals surface area (Å²) >= 11 is 0. The Morgan fingerprint density at radius 2 is 2.08 bits per heavy atom. The molecule has 2 aliphatic heterocycles. The molecule has 2 aliphatic rings.